The maximum atomic E-state index is 10.1. The highest BCUT2D eigenvalue weighted by Gasteiger charge is 2.54. The lowest BCUT2D eigenvalue weighted by Crippen LogP contribution is -2.42. The van der Waals surface area contributed by atoms with Gasteiger partial charge < -0.3 is 10.5 Å². The molecule has 6 nitrogen and oxygen atoms in total. The number of nitrogens with two attached hydrogens (primary N) is 1. The zero-order chi connectivity index (χ0) is 20.4. The molecule has 1 aromatic heterocycles. The Labute approximate surface area is 175 Å². The Morgan fingerprint density at radius 2 is 2.00 bits per heavy atom. The Hall–Kier alpha value is -2.63. The molecule has 29 heavy (non-hydrogen) atoms. The lowest BCUT2D eigenvalue weighted by Gasteiger charge is -2.42. The van der Waals surface area contributed by atoms with Crippen LogP contribution >= 0.6 is 11.3 Å². The molecule has 2 aliphatic carbocycles. The Kier molecular flexibility index (Phi) is 5.43. The number of allylic oxidation sites excluding steroid dienone is 4. The minimum Gasteiger partial charge on any atom is -0.399 e. The van der Waals surface area contributed by atoms with Crippen molar-refractivity contribution in [3.63, 3.8) is 0 Å². The highest BCUT2D eigenvalue weighted by atomic mass is 32.1. The summed E-state index contributed by atoms with van der Waals surface area (Å²) in [7, 11) is 0. The number of hydrogen-bond acceptors (Lipinski definition) is 7. The number of morpholine rings is 1. The molecule has 7 heteroatoms. The highest BCUT2D eigenvalue weighted by Crippen LogP contribution is 2.56. The largest absolute Gasteiger partial charge is 0.399 e. The maximum absolute atomic E-state index is 10.1. The van der Waals surface area contributed by atoms with Gasteiger partial charge in [0.05, 0.1) is 36.6 Å². The van der Waals surface area contributed by atoms with E-state index >= 15 is 0 Å². The van der Waals surface area contributed by atoms with E-state index in [2.05, 4.69) is 40.6 Å². The fourth-order valence-electron chi connectivity index (χ4n) is 4.84. The molecule has 0 aromatic carbocycles. The molecular weight excluding hydrogens is 382 g/mol. The smallest absolute Gasteiger partial charge is 0.192 e. The van der Waals surface area contributed by atoms with Crippen LogP contribution in [0.2, 0.25) is 0 Å². The van der Waals surface area contributed by atoms with Gasteiger partial charge in [0.25, 0.3) is 0 Å². The molecule has 4 rings (SSSR count). The molecule has 1 saturated heterocycles. The molecule has 0 amide bonds. The predicted molar refractivity (Wildman–Crippen MR) is 109 cm³/mol. The van der Waals surface area contributed by atoms with Gasteiger partial charge in [0.15, 0.2) is 5.41 Å². The van der Waals surface area contributed by atoms with E-state index in [1.54, 1.807) is 11.3 Å². The Balaban J connectivity index is 1.75. The third-order valence-electron chi connectivity index (χ3n) is 6.29. The summed E-state index contributed by atoms with van der Waals surface area (Å²) < 4.78 is 5.42. The molecule has 2 heterocycles. The molecule has 1 fully saturated rings. The summed E-state index contributed by atoms with van der Waals surface area (Å²) in [5.41, 5.74) is 7.38. The molecule has 2 N–H and O–H groups in total. The molecule has 3 aliphatic rings. The van der Waals surface area contributed by atoms with Crippen molar-refractivity contribution in [3.05, 3.63) is 44.8 Å². The summed E-state index contributed by atoms with van der Waals surface area (Å²) in [6.07, 6.45) is 4.82. The first-order valence-corrected chi connectivity index (χ1v) is 10.8. The van der Waals surface area contributed by atoms with E-state index in [1.165, 1.54) is 5.56 Å². The van der Waals surface area contributed by atoms with Crippen LogP contribution in [0.15, 0.2) is 34.4 Å². The van der Waals surface area contributed by atoms with Gasteiger partial charge in [-0.05, 0) is 47.8 Å². The Bertz CT molecular complexity index is 966. The Morgan fingerprint density at radius 3 is 2.69 bits per heavy atom. The molecule has 0 saturated carbocycles. The molecule has 0 unspecified atom stereocenters. The fraction of sp³-hybridized carbons (Fsp3) is 0.500. The number of ether oxygens (including phenoxy) is 1. The van der Waals surface area contributed by atoms with Gasteiger partial charge in [-0.2, -0.15) is 15.8 Å². The number of thiophene rings is 1. The van der Waals surface area contributed by atoms with Gasteiger partial charge in [0.2, 0.25) is 0 Å². The lowest BCUT2D eigenvalue weighted by atomic mass is 9.58. The zero-order valence-electron chi connectivity index (χ0n) is 16.2. The van der Waals surface area contributed by atoms with Crippen molar-refractivity contribution in [1.29, 1.82) is 15.8 Å². The van der Waals surface area contributed by atoms with Crippen molar-refractivity contribution in [1.82, 2.24) is 4.90 Å². The lowest BCUT2D eigenvalue weighted by molar-refractivity contribution is 0.0342. The third-order valence-corrected chi connectivity index (χ3v) is 7.35. The van der Waals surface area contributed by atoms with Gasteiger partial charge in [0.1, 0.15) is 6.07 Å². The number of hydrogen-bond donors (Lipinski definition) is 1. The second-order valence-electron chi connectivity index (χ2n) is 7.85. The SMILES string of the molecule is N#CC1=C(N)C(C#N)(C#N)[C@@H](c2cc(CN3CCOCC3)cs2)[C@@H]2CCCC=C12. The molecule has 0 radical (unpaired) electrons. The van der Waals surface area contributed by atoms with Gasteiger partial charge >= 0.3 is 0 Å². The van der Waals surface area contributed by atoms with Crippen LogP contribution in [0.1, 0.15) is 35.6 Å². The summed E-state index contributed by atoms with van der Waals surface area (Å²) in [4.78, 5) is 3.36. The molecule has 0 bridgehead atoms. The highest BCUT2D eigenvalue weighted by molar-refractivity contribution is 7.10. The number of rotatable bonds is 3. The van der Waals surface area contributed by atoms with Crippen molar-refractivity contribution >= 4 is 11.3 Å². The summed E-state index contributed by atoms with van der Waals surface area (Å²) in [6, 6.07) is 8.73. The van der Waals surface area contributed by atoms with Gasteiger partial charge in [-0.15, -0.1) is 11.3 Å². The first-order valence-electron chi connectivity index (χ1n) is 9.95. The summed E-state index contributed by atoms with van der Waals surface area (Å²) in [5, 5.41) is 32.0. The first-order chi connectivity index (χ1) is 14.1. The van der Waals surface area contributed by atoms with Crippen LogP contribution in [0.3, 0.4) is 0 Å². The molecular formula is C22H23N5OS. The molecule has 1 aromatic rings. The molecule has 148 valence electrons. The van der Waals surface area contributed by atoms with Crippen LogP contribution < -0.4 is 5.73 Å². The number of fused-ring (bicyclic) bond motifs is 1. The van der Waals surface area contributed by atoms with E-state index < -0.39 is 5.41 Å². The average molecular weight is 406 g/mol. The van der Waals surface area contributed by atoms with Crippen molar-refractivity contribution in [2.75, 3.05) is 26.3 Å². The van der Waals surface area contributed by atoms with Crippen LogP contribution in [0.5, 0.6) is 0 Å². The predicted octanol–water partition coefficient (Wildman–Crippen LogP) is 3.17. The minimum absolute atomic E-state index is 0.0279. The quantitative estimate of drug-likeness (QED) is 0.827. The average Bonchev–Trinajstić information content (AvgIpc) is 3.21. The maximum Gasteiger partial charge on any atom is 0.192 e. The Morgan fingerprint density at radius 1 is 1.24 bits per heavy atom. The monoisotopic (exact) mass is 405 g/mol. The van der Waals surface area contributed by atoms with E-state index in [1.807, 2.05) is 0 Å². The molecule has 1 aliphatic heterocycles. The van der Waals surface area contributed by atoms with Crippen LogP contribution in [-0.4, -0.2) is 31.2 Å². The zero-order valence-corrected chi connectivity index (χ0v) is 17.0. The van der Waals surface area contributed by atoms with Gasteiger partial charge in [-0.25, -0.2) is 0 Å². The van der Waals surface area contributed by atoms with Gasteiger partial charge in [-0.3, -0.25) is 4.90 Å². The summed E-state index contributed by atoms with van der Waals surface area (Å²) >= 11 is 1.60. The van der Waals surface area contributed by atoms with E-state index in [0.717, 1.165) is 62.6 Å². The van der Waals surface area contributed by atoms with Gasteiger partial charge in [-0.1, -0.05) is 6.08 Å². The second-order valence-corrected chi connectivity index (χ2v) is 8.80. The number of nitriles is 3. The molecule has 0 spiro atoms. The van der Waals surface area contributed by atoms with E-state index in [-0.39, 0.29) is 17.5 Å². The van der Waals surface area contributed by atoms with E-state index in [9.17, 15) is 15.8 Å². The minimum atomic E-state index is -1.51. The van der Waals surface area contributed by atoms with Crippen molar-refractivity contribution in [2.24, 2.45) is 17.1 Å². The van der Waals surface area contributed by atoms with Crippen molar-refractivity contribution in [3.8, 4) is 18.2 Å². The molecule has 2 atom stereocenters. The van der Waals surface area contributed by atoms with E-state index in [0.29, 0.717) is 5.57 Å². The normalized spacial score (nSPS) is 26.6. The van der Waals surface area contributed by atoms with Crippen molar-refractivity contribution < 1.29 is 4.74 Å². The van der Waals surface area contributed by atoms with Crippen LogP contribution in [0.4, 0.5) is 0 Å². The first kappa shape index (κ1) is 19.7. The van der Waals surface area contributed by atoms with E-state index in [4.69, 9.17) is 10.5 Å². The standard InChI is InChI=1S/C22H23N5OS/c23-10-18-16-3-1-2-4-17(16)20(22(13-24,14-25)21(18)26)19-9-15(12-29-19)11-27-5-7-28-8-6-27/h3,9,12,17,20H,1-2,4-8,11,26H2/t17-,20-/m1/s1. The van der Waals surface area contributed by atoms with Crippen LogP contribution in [0, 0.1) is 45.3 Å². The summed E-state index contributed by atoms with van der Waals surface area (Å²) in [6.45, 7) is 4.15. The van der Waals surface area contributed by atoms with Crippen LogP contribution in [0.25, 0.3) is 0 Å². The fourth-order valence-corrected chi connectivity index (χ4v) is 5.97. The van der Waals surface area contributed by atoms with Gasteiger partial charge in [0, 0.05) is 30.4 Å². The van der Waals surface area contributed by atoms with Crippen LogP contribution in [-0.2, 0) is 11.3 Å². The van der Waals surface area contributed by atoms with Crippen molar-refractivity contribution in [2.45, 2.75) is 31.7 Å². The summed E-state index contributed by atoms with van der Waals surface area (Å²) in [5.74, 6) is -0.371. The topological polar surface area (TPSA) is 110 Å². The third kappa shape index (κ3) is 3.24. The number of nitrogens with zero attached hydrogens (tertiary/aromatic N) is 4. The second kappa shape index (κ2) is 8.01.